The first-order chi connectivity index (χ1) is 11.6. The number of carbonyl (C=O) groups excluding carboxylic acids is 2. The molecule has 1 aliphatic rings. The normalized spacial score (nSPS) is 17.0. The molecule has 3 amide bonds. The summed E-state index contributed by atoms with van der Waals surface area (Å²) >= 11 is 0. The van der Waals surface area contributed by atoms with Gasteiger partial charge in [0.1, 0.15) is 0 Å². The molecule has 24 heavy (non-hydrogen) atoms. The van der Waals surface area contributed by atoms with Gasteiger partial charge in [-0.3, -0.25) is 4.79 Å². The van der Waals surface area contributed by atoms with Gasteiger partial charge in [0.25, 0.3) is 0 Å². The summed E-state index contributed by atoms with van der Waals surface area (Å²) < 4.78 is 5.22. The molecule has 0 radical (unpaired) electrons. The molecule has 2 atom stereocenters. The van der Waals surface area contributed by atoms with Gasteiger partial charge in [0.05, 0.1) is 13.2 Å². The summed E-state index contributed by atoms with van der Waals surface area (Å²) in [6.45, 7) is 6.86. The maximum absolute atomic E-state index is 12.0. The number of hydrogen-bond donors (Lipinski definition) is 2. The van der Waals surface area contributed by atoms with Crippen LogP contribution in [0.1, 0.15) is 31.7 Å². The summed E-state index contributed by atoms with van der Waals surface area (Å²) in [5.74, 6) is 0.274. The van der Waals surface area contributed by atoms with Crippen LogP contribution in [0.15, 0.2) is 30.3 Å². The molecule has 0 bridgehead atoms. The van der Waals surface area contributed by atoms with Crippen LogP contribution in [0, 0.1) is 0 Å². The molecule has 6 nitrogen and oxygen atoms in total. The third kappa shape index (κ3) is 5.53. The molecular weight excluding hydrogens is 306 g/mol. The maximum atomic E-state index is 12.0. The molecule has 1 saturated heterocycles. The lowest BCUT2D eigenvalue weighted by Crippen LogP contribution is -2.45. The number of carbonyl (C=O) groups is 2. The second-order valence-corrected chi connectivity index (χ2v) is 6.13. The van der Waals surface area contributed by atoms with Crippen molar-refractivity contribution in [2.45, 2.75) is 32.2 Å². The highest BCUT2D eigenvalue weighted by molar-refractivity contribution is 5.78. The van der Waals surface area contributed by atoms with Crippen LogP contribution in [-0.2, 0) is 9.53 Å². The average molecular weight is 333 g/mol. The number of urea groups is 1. The lowest BCUT2D eigenvalue weighted by molar-refractivity contribution is -0.135. The highest BCUT2D eigenvalue weighted by Crippen LogP contribution is 2.18. The molecule has 0 spiro atoms. The quantitative estimate of drug-likeness (QED) is 0.833. The van der Waals surface area contributed by atoms with Crippen LogP contribution >= 0.6 is 0 Å². The number of nitrogens with zero attached hydrogens (tertiary/aromatic N) is 1. The van der Waals surface area contributed by atoms with Gasteiger partial charge in [0.15, 0.2) is 0 Å². The molecule has 0 aromatic heterocycles. The molecule has 132 valence electrons. The Morgan fingerprint density at radius 1 is 1.17 bits per heavy atom. The number of hydrogen-bond acceptors (Lipinski definition) is 3. The lowest BCUT2D eigenvalue weighted by atomic mass is 9.95. The molecular formula is C18H27N3O3. The van der Waals surface area contributed by atoms with E-state index in [1.54, 1.807) is 4.90 Å². The van der Waals surface area contributed by atoms with Crippen molar-refractivity contribution in [3.8, 4) is 0 Å². The van der Waals surface area contributed by atoms with E-state index in [0.717, 1.165) is 0 Å². The second kappa shape index (κ2) is 9.27. The highest BCUT2D eigenvalue weighted by Gasteiger charge is 2.18. The Hall–Kier alpha value is -2.08. The Morgan fingerprint density at radius 3 is 2.50 bits per heavy atom. The second-order valence-electron chi connectivity index (χ2n) is 6.13. The van der Waals surface area contributed by atoms with Crippen molar-refractivity contribution in [2.75, 3.05) is 32.8 Å². The molecule has 6 heteroatoms. The minimum Gasteiger partial charge on any atom is -0.378 e. The molecule has 1 aromatic carbocycles. The van der Waals surface area contributed by atoms with E-state index in [2.05, 4.69) is 29.7 Å². The Kier molecular flexibility index (Phi) is 7.06. The van der Waals surface area contributed by atoms with Crippen LogP contribution in [0.4, 0.5) is 4.79 Å². The largest absolute Gasteiger partial charge is 0.378 e. The van der Waals surface area contributed by atoms with E-state index in [-0.39, 0.29) is 23.9 Å². The number of benzene rings is 1. The van der Waals surface area contributed by atoms with Gasteiger partial charge in [-0.05, 0) is 12.5 Å². The van der Waals surface area contributed by atoms with Crippen molar-refractivity contribution in [3.05, 3.63) is 35.9 Å². The average Bonchev–Trinajstić information content (AvgIpc) is 2.62. The van der Waals surface area contributed by atoms with Crippen LogP contribution in [0.5, 0.6) is 0 Å². The number of amides is 3. The van der Waals surface area contributed by atoms with E-state index in [1.165, 1.54) is 5.56 Å². The third-order valence-corrected chi connectivity index (χ3v) is 4.42. The van der Waals surface area contributed by atoms with E-state index in [9.17, 15) is 9.59 Å². The monoisotopic (exact) mass is 333 g/mol. The topological polar surface area (TPSA) is 70.7 Å². The summed E-state index contributed by atoms with van der Waals surface area (Å²) in [5.41, 5.74) is 1.19. The Bertz CT molecular complexity index is 530. The van der Waals surface area contributed by atoms with Gasteiger partial charge >= 0.3 is 6.03 Å². The van der Waals surface area contributed by atoms with Gasteiger partial charge in [0, 0.05) is 38.0 Å². The smallest absolute Gasteiger partial charge is 0.315 e. The van der Waals surface area contributed by atoms with E-state index < -0.39 is 0 Å². The molecule has 0 unspecified atom stereocenters. The number of morpholine rings is 1. The third-order valence-electron chi connectivity index (χ3n) is 4.42. The Labute approximate surface area is 143 Å². The van der Waals surface area contributed by atoms with Gasteiger partial charge in [-0.25, -0.2) is 4.79 Å². The summed E-state index contributed by atoms with van der Waals surface area (Å²) in [7, 11) is 0. The van der Waals surface area contributed by atoms with Crippen LogP contribution < -0.4 is 10.6 Å². The molecule has 2 rings (SSSR count). The number of ether oxygens (including phenoxy) is 1. The SMILES string of the molecule is C[C@H](c1ccccc1)[C@@H](C)NC(=O)NCCC(=O)N1CCOCC1. The first kappa shape index (κ1) is 18.3. The highest BCUT2D eigenvalue weighted by atomic mass is 16.5. The zero-order valence-corrected chi connectivity index (χ0v) is 14.5. The number of rotatable bonds is 6. The van der Waals surface area contributed by atoms with Gasteiger partial charge < -0.3 is 20.3 Å². The first-order valence-corrected chi connectivity index (χ1v) is 8.52. The summed E-state index contributed by atoms with van der Waals surface area (Å²) in [6.07, 6.45) is 0.316. The first-order valence-electron chi connectivity index (χ1n) is 8.52. The van der Waals surface area contributed by atoms with E-state index >= 15 is 0 Å². The molecule has 1 fully saturated rings. The lowest BCUT2D eigenvalue weighted by Gasteiger charge is -2.27. The zero-order valence-electron chi connectivity index (χ0n) is 14.5. The van der Waals surface area contributed by atoms with E-state index in [4.69, 9.17) is 4.74 Å². The minimum absolute atomic E-state index is 0.00217. The molecule has 1 heterocycles. The fraction of sp³-hybridized carbons (Fsp3) is 0.556. The van der Waals surface area contributed by atoms with Crippen molar-refractivity contribution in [1.82, 2.24) is 15.5 Å². The van der Waals surface area contributed by atoms with Gasteiger partial charge in [-0.15, -0.1) is 0 Å². The van der Waals surface area contributed by atoms with Gasteiger partial charge in [-0.1, -0.05) is 37.3 Å². The van der Waals surface area contributed by atoms with E-state index in [0.29, 0.717) is 39.3 Å². The summed E-state index contributed by atoms with van der Waals surface area (Å²) in [6, 6.07) is 9.85. The minimum atomic E-state index is -0.236. The number of nitrogens with one attached hydrogen (secondary N) is 2. The van der Waals surface area contributed by atoms with Crippen molar-refractivity contribution in [3.63, 3.8) is 0 Å². The van der Waals surface area contributed by atoms with Gasteiger partial charge in [0.2, 0.25) is 5.91 Å². The molecule has 1 aliphatic heterocycles. The summed E-state index contributed by atoms with van der Waals surface area (Å²) in [4.78, 5) is 25.8. The molecule has 2 N–H and O–H groups in total. The molecule has 0 saturated carbocycles. The zero-order chi connectivity index (χ0) is 17.4. The molecule has 0 aliphatic carbocycles. The van der Waals surface area contributed by atoms with Crippen LogP contribution in [-0.4, -0.2) is 55.7 Å². The fourth-order valence-corrected chi connectivity index (χ4v) is 2.68. The van der Waals surface area contributed by atoms with Crippen molar-refractivity contribution >= 4 is 11.9 Å². The van der Waals surface area contributed by atoms with E-state index in [1.807, 2.05) is 25.1 Å². The standard InChI is InChI=1S/C18H27N3O3/c1-14(16-6-4-3-5-7-16)15(2)20-18(23)19-9-8-17(22)21-10-12-24-13-11-21/h3-7,14-15H,8-13H2,1-2H3,(H2,19,20,23)/t14-,15+/m0/s1. The predicted molar refractivity (Wildman–Crippen MR) is 92.9 cm³/mol. The Balaban J connectivity index is 1.68. The van der Waals surface area contributed by atoms with Crippen molar-refractivity contribution < 1.29 is 14.3 Å². The van der Waals surface area contributed by atoms with Gasteiger partial charge in [-0.2, -0.15) is 0 Å². The fourth-order valence-electron chi connectivity index (χ4n) is 2.68. The van der Waals surface area contributed by atoms with Crippen LogP contribution in [0.25, 0.3) is 0 Å². The molecule has 1 aromatic rings. The van der Waals surface area contributed by atoms with Crippen LogP contribution in [0.3, 0.4) is 0 Å². The Morgan fingerprint density at radius 2 is 1.83 bits per heavy atom. The maximum Gasteiger partial charge on any atom is 0.315 e. The predicted octanol–water partition coefficient (Wildman–Crippen LogP) is 1.73. The summed E-state index contributed by atoms with van der Waals surface area (Å²) in [5, 5.41) is 5.70. The van der Waals surface area contributed by atoms with Crippen molar-refractivity contribution in [1.29, 1.82) is 0 Å². The van der Waals surface area contributed by atoms with Crippen molar-refractivity contribution in [2.24, 2.45) is 0 Å². The van der Waals surface area contributed by atoms with Crippen LogP contribution in [0.2, 0.25) is 0 Å².